The molecular formula is C23H23ClF3N3O3. The van der Waals surface area contributed by atoms with Gasteiger partial charge in [0.1, 0.15) is 12.1 Å². The van der Waals surface area contributed by atoms with Crippen LogP contribution in [0, 0.1) is 0 Å². The van der Waals surface area contributed by atoms with Gasteiger partial charge in [0.25, 0.3) is 5.91 Å². The van der Waals surface area contributed by atoms with E-state index in [1.165, 1.54) is 13.0 Å². The lowest BCUT2D eigenvalue weighted by Gasteiger charge is -2.24. The Morgan fingerprint density at radius 3 is 2.24 bits per heavy atom. The summed E-state index contributed by atoms with van der Waals surface area (Å²) >= 11 is 5.58. The molecule has 10 heteroatoms. The van der Waals surface area contributed by atoms with Gasteiger partial charge in [0.2, 0.25) is 5.91 Å². The first-order valence-corrected chi connectivity index (χ1v) is 10.4. The first-order valence-electron chi connectivity index (χ1n) is 10.0. The summed E-state index contributed by atoms with van der Waals surface area (Å²) in [4.78, 5) is 38.6. The number of carbonyl (C=O) groups is 3. The van der Waals surface area contributed by atoms with Gasteiger partial charge in [-0.25, -0.2) is 4.79 Å². The van der Waals surface area contributed by atoms with E-state index < -0.39 is 46.7 Å². The molecule has 1 fully saturated rings. The lowest BCUT2D eigenvalue weighted by atomic mass is 9.84. The average molecular weight is 482 g/mol. The molecule has 1 aliphatic rings. The Morgan fingerprint density at radius 1 is 1.09 bits per heavy atom. The highest BCUT2D eigenvalue weighted by molar-refractivity contribution is 6.31. The van der Waals surface area contributed by atoms with Gasteiger partial charge in [-0.05, 0) is 41.7 Å². The molecule has 1 heterocycles. The molecule has 0 spiro atoms. The third-order valence-electron chi connectivity index (χ3n) is 5.46. The summed E-state index contributed by atoms with van der Waals surface area (Å²) < 4.78 is 39.1. The molecule has 0 aromatic heterocycles. The molecule has 4 amide bonds. The Bertz CT molecular complexity index is 1110. The van der Waals surface area contributed by atoms with Crippen LogP contribution in [-0.4, -0.2) is 29.3 Å². The minimum absolute atomic E-state index is 0.0971. The maximum Gasteiger partial charge on any atom is 0.417 e. The molecule has 0 aliphatic carbocycles. The topological polar surface area (TPSA) is 78.5 Å². The molecule has 0 radical (unpaired) electrons. The monoisotopic (exact) mass is 481 g/mol. The molecule has 0 unspecified atom stereocenters. The normalized spacial score (nSPS) is 19.0. The van der Waals surface area contributed by atoms with Gasteiger partial charge < -0.3 is 10.6 Å². The quantitative estimate of drug-likeness (QED) is 0.599. The second-order valence-electron chi connectivity index (χ2n) is 9.01. The number of hydrogen-bond donors (Lipinski definition) is 2. The predicted octanol–water partition coefficient (Wildman–Crippen LogP) is 5.06. The maximum absolute atomic E-state index is 13.0. The third-order valence-corrected chi connectivity index (χ3v) is 5.79. The van der Waals surface area contributed by atoms with Crippen molar-refractivity contribution in [3.8, 4) is 0 Å². The lowest BCUT2D eigenvalue weighted by Crippen LogP contribution is -2.42. The summed E-state index contributed by atoms with van der Waals surface area (Å²) in [5, 5.41) is 4.36. The minimum Gasteiger partial charge on any atom is -0.325 e. The highest BCUT2D eigenvalue weighted by Crippen LogP contribution is 2.36. The molecule has 0 bridgehead atoms. The highest BCUT2D eigenvalue weighted by atomic mass is 35.5. The number of amides is 4. The van der Waals surface area contributed by atoms with E-state index in [-0.39, 0.29) is 11.1 Å². The molecule has 1 saturated heterocycles. The van der Waals surface area contributed by atoms with Gasteiger partial charge >= 0.3 is 12.2 Å². The molecule has 1 aliphatic heterocycles. The van der Waals surface area contributed by atoms with Crippen molar-refractivity contribution >= 4 is 35.1 Å². The molecule has 176 valence electrons. The Hall–Kier alpha value is -3.07. The van der Waals surface area contributed by atoms with Crippen molar-refractivity contribution in [2.24, 2.45) is 0 Å². The van der Waals surface area contributed by atoms with Crippen LogP contribution in [0.3, 0.4) is 0 Å². The second-order valence-corrected chi connectivity index (χ2v) is 9.42. The maximum atomic E-state index is 13.0. The summed E-state index contributed by atoms with van der Waals surface area (Å²) in [7, 11) is 0. The fraction of sp³-hybridized carbons (Fsp3) is 0.348. The van der Waals surface area contributed by atoms with Crippen LogP contribution in [0.1, 0.15) is 44.4 Å². The molecule has 33 heavy (non-hydrogen) atoms. The lowest BCUT2D eigenvalue weighted by molar-refractivity contribution is -0.137. The van der Waals surface area contributed by atoms with Crippen LogP contribution in [-0.2, 0) is 26.7 Å². The largest absolute Gasteiger partial charge is 0.417 e. The number of nitrogens with zero attached hydrogens (tertiary/aromatic N) is 1. The van der Waals surface area contributed by atoms with Crippen LogP contribution in [0.4, 0.5) is 23.7 Å². The van der Waals surface area contributed by atoms with Gasteiger partial charge in [-0.3, -0.25) is 14.5 Å². The number of imide groups is 1. The fourth-order valence-corrected chi connectivity index (χ4v) is 3.73. The van der Waals surface area contributed by atoms with E-state index in [4.69, 9.17) is 11.6 Å². The SMILES string of the molecule is CC(C)(C)c1ccc([C@]2(C)NC(=O)N(CC(=O)Nc3ccc(Cl)c(C(F)(F)F)c3)C2=O)cc1. The summed E-state index contributed by atoms with van der Waals surface area (Å²) in [6.07, 6.45) is -4.70. The zero-order valence-electron chi connectivity index (χ0n) is 18.4. The number of anilines is 1. The van der Waals surface area contributed by atoms with Gasteiger partial charge in [-0.1, -0.05) is 56.6 Å². The number of alkyl halides is 3. The number of carbonyl (C=O) groups excluding carboxylic acids is 3. The van der Waals surface area contributed by atoms with Crippen molar-refractivity contribution < 1.29 is 27.6 Å². The van der Waals surface area contributed by atoms with Gasteiger partial charge in [0.15, 0.2) is 0 Å². The summed E-state index contributed by atoms with van der Waals surface area (Å²) in [6, 6.07) is 9.34. The minimum atomic E-state index is -4.70. The molecule has 2 aromatic carbocycles. The van der Waals surface area contributed by atoms with E-state index in [9.17, 15) is 27.6 Å². The smallest absolute Gasteiger partial charge is 0.325 e. The van der Waals surface area contributed by atoms with Gasteiger partial charge in [-0.15, -0.1) is 0 Å². The van der Waals surface area contributed by atoms with E-state index in [1.807, 2.05) is 32.9 Å². The number of urea groups is 1. The zero-order valence-corrected chi connectivity index (χ0v) is 19.2. The molecule has 2 N–H and O–H groups in total. The van der Waals surface area contributed by atoms with E-state index in [2.05, 4.69) is 10.6 Å². The average Bonchev–Trinajstić information content (AvgIpc) is 2.92. The first kappa shape index (κ1) is 24.6. The van der Waals surface area contributed by atoms with Gasteiger partial charge in [0, 0.05) is 5.69 Å². The number of hydrogen-bond acceptors (Lipinski definition) is 3. The van der Waals surface area contributed by atoms with Crippen LogP contribution in [0.25, 0.3) is 0 Å². The molecule has 3 rings (SSSR count). The predicted molar refractivity (Wildman–Crippen MR) is 118 cm³/mol. The Labute approximate surface area is 194 Å². The standard InChI is InChI=1S/C23H23ClF3N3O3/c1-21(2,3)13-5-7-14(8-6-13)22(4)19(32)30(20(33)29-22)12-18(31)28-15-9-10-17(24)16(11-15)23(25,26)27/h5-11H,12H2,1-4H3,(H,28,31)(H,29,33)/t22-/m0/s1. The first-order chi connectivity index (χ1) is 15.1. The number of halogens is 4. The van der Waals surface area contributed by atoms with Crippen molar-refractivity contribution in [1.82, 2.24) is 10.2 Å². The van der Waals surface area contributed by atoms with E-state index >= 15 is 0 Å². The van der Waals surface area contributed by atoms with Crippen molar-refractivity contribution in [3.05, 3.63) is 64.2 Å². The molecule has 0 saturated carbocycles. The van der Waals surface area contributed by atoms with Gasteiger partial charge in [-0.2, -0.15) is 13.2 Å². The molecule has 1 atom stereocenters. The van der Waals surface area contributed by atoms with Crippen LogP contribution in [0.5, 0.6) is 0 Å². The van der Waals surface area contributed by atoms with Crippen LogP contribution >= 0.6 is 11.6 Å². The Kier molecular flexibility index (Phi) is 6.23. The third kappa shape index (κ3) is 4.98. The van der Waals surface area contributed by atoms with E-state index in [0.29, 0.717) is 11.6 Å². The Balaban J connectivity index is 1.75. The van der Waals surface area contributed by atoms with Crippen molar-refractivity contribution in [3.63, 3.8) is 0 Å². The molecular weight excluding hydrogens is 459 g/mol. The molecule has 6 nitrogen and oxygen atoms in total. The van der Waals surface area contributed by atoms with Crippen molar-refractivity contribution in [2.45, 2.75) is 44.8 Å². The highest BCUT2D eigenvalue weighted by Gasteiger charge is 2.49. The number of benzene rings is 2. The number of nitrogens with one attached hydrogen (secondary N) is 2. The zero-order chi connectivity index (χ0) is 24.8. The van der Waals surface area contributed by atoms with E-state index in [1.54, 1.807) is 12.1 Å². The van der Waals surface area contributed by atoms with Crippen LogP contribution in [0.15, 0.2) is 42.5 Å². The fourth-order valence-electron chi connectivity index (χ4n) is 3.50. The van der Waals surface area contributed by atoms with Crippen molar-refractivity contribution in [1.29, 1.82) is 0 Å². The second kappa shape index (κ2) is 8.37. The van der Waals surface area contributed by atoms with Crippen LogP contribution < -0.4 is 10.6 Å². The molecule has 2 aromatic rings. The summed E-state index contributed by atoms with van der Waals surface area (Å²) in [5.74, 6) is -1.47. The van der Waals surface area contributed by atoms with E-state index in [0.717, 1.165) is 16.5 Å². The number of rotatable bonds is 4. The van der Waals surface area contributed by atoms with Crippen molar-refractivity contribution in [2.75, 3.05) is 11.9 Å². The van der Waals surface area contributed by atoms with Gasteiger partial charge in [0.05, 0.1) is 10.6 Å². The summed E-state index contributed by atoms with van der Waals surface area (Å²) in [6.45, 7) is 7.01. The Morgan fingerprint density at radius 2 is 1.70 bits per heavy atom. The van der Waals surface area contributed by atoms with Crippen LogP contribution in [0.2, 0.25) is 5.02 Å². The summed E-state index contributed by atoms with van der Waals surface area (Å²) in [5.41, 5.74) is -1.15.